The Hall–Kier alpha value is -2.87. The van der Waals surface area contributed by atoms with Gasteiger partial charge in [-0.3, -0.25) is 10.1 Å². The van der Waals surface area contributed by atoms with Crippen molar-refractivity contribution in [1.82, 2.24) is 5.32 Å². The zero-order valence-electron chi connectivity index (χ0n) is 13.5. The largest absolute Gasteiger partial charge is 0.451 e. The van der Waals surface area contributed by atoms with Crippen molar-refractivity contribution in [2.45, 2.75) is 13.1 Å². The van der Waals surface area contributed by atoms with Gasteiger partial charge in [-0.25, -0.2) is 0 Å². The number of aryl methyl sites for hydroxylation is 1. The Bertz CT molecular complexity index is 996. The highest BCUT2D eigenvalue weighted by Gasteiger charge is 2.33. The van der Waals surface area contributed by atoms with Crippen molar-refractivity contribution in [1.29, 1.82) is 0 Å². The molecule has 0 saturated heterocycles. The molecule has 134 valence electrons. The number of amides is 1. The Labute approximate surface area is 152 Å². The number of anilines is 1. The third kappa shape index (κ3) is 3.55. The van der Waals surface area contributed by atoms with Crippen molar-refractivity contribution >= 4 is 39.9 Å². The van der Waals surface area contributed by atoms with E-state index in [1.165, 1.54) is 18.2 Å². The molecule has 4 nitrogen and oxygen atoms in total. The Kier molecular flexibility index (Phi) is 4.69. The second-order valence-corrected chi connectivity index (χ2v) is 5.91. The summed E-state index contributed by atoms with van der Waals surface area (Å²) in [5.41, 5.74) is 0.0381. The smallest absolute Gasteiger partial charge is 0.418 e. The fourth-order valence-electron chi connectivity index (χ4n) is 2.54. The van der Waals surface area contributed by atoms with Crippen molar-refractivity contribution in [2.75, 3.05) is 5.32 Å². The maximum atomic E-state index is 13.0. The zero-order valence-corrected chi connectivity index (χ0v) is 14.3. The van der Waals surface area contributed by atoms with Gasteiger partial charge in [-0.2, -0.15) is 13.2 Å². The number of furan rings is 1. The van der Waals surface area contributed by atoms with E-state index in [1.54, 1.807) is 25.1 Å². The fourth-order valence-corrected chi connectivity index (χ4v) is 2.75. The summed E-state index contributed by atoms with van der Waals surface area (Å²) in [6.45, 7) is 1.72. The van der Waals surface area contributed by atoms with Crippen molar-refractivity contribution < 1.29 is 22.4 Å². The fraction of sp³-hybridized carbons (Fsp3) is 0.111. The van der Waals surface area contributed by atoms with Gasteiger partial charge in [0.25, 0.3) is 5.91 Å². The molecule has 3 aromatic rings. The molecule has 0 saturated carbocycles. The van der Waals surface area contributed by atoms with Crippen molar-refractivity contribution in [3.8, 4) is 0 Å². The lowest BCUT2D eigenvalue weighted by molar-refractivity contribution is -0.136. The number of carbonyl (C=O) groups excluding carboxylic acids is 1. The monoisotopic (exact) mass is 378 g/mol. The first kappa shape index (κ1) is 17.9. The number of hydrogen-bond donors (Lipinski definition) is 2. The molecule has 1 heterocycles. The van der Waals surface area contributed by atoms with Gasteiger partial charge in [0.05, 0.1) is 11.3 Å². The lowest BCUT2D eigenvalue weighted by atomic mass is 10.1. The first-order valence-corrected chi connectivity index (χ1v) is 7.95. The highest BCUT2D eigenvalue weighted by molar-refractivity contribution is 7.80. The Balaban J connectivity index is 1.78. The number of carbonyl (C=O) groups is 1. The van der Waals surface area contributed by atoms with Crippen LogP contribution in [-0.2, 0) is 6.18 Å². The quantitative estimate of drug-likeness (QED) is 0.624. The van der Waals surface area contributed by atoms with Crippen molar-refractivity contribution in [3.63, 3.8) is 0 Å². The molecule has 2 aromatic carbocycles. The number of fused-ring (bicyclic) bond motifs is 1. The van der Waals surface area contributed by atoms with Gasteiger partial charge in [0.2, 0.25) is 0 Å². The number of hydrogen-bond acceptors (Lipinski definition) is 3. The molecular formula is C18H13F3N2O2S. The van der Waals surface area contributed by atoms with Crippen LogP contribution in [0.1, 0.15) is 21.7 Å². The van der Waals surface area contributed by atoms with Gasteiger partial charge in [-0.05, 0) is 37.3 Å². The molecular weight excluding hydrogens is 365 g/mol. The third-order valence-electron chi connectivity index (χ3n) is 3.76. The molecule has 0 aliphatic rings. The van der Waals surface area contributed by atoms with Crippen molar-refractivity contribution in [2.24, 2.45) is 0 Å². The molecule has 0 fully saturated rings. The van der Waals surface area contributed by atoms with E-state index in [1.807, 2.05) is 6.07 Å². The summed E-state index contributed by atoms with van der Waals surface area (Å²) in [5, 5.41) is 5.27. The van der Waals surface area contributed by atoms with E-state index >= 15 is 0 Å². The van der Waals surface area contributed by atoms with Crippen LogP contribution in [0.4, 0.5) is 18.9 Å². The predicted molar refractivity (Wildman–Crippen MR) is 96.1 cm³/mol. The number of rotatable bonds is 2. The summed E-state index contributed by atoms with van der Waals surface area (Å²) < 4.78 is 44.5. The predicted octanol–water partition coefficient (Wildman–Crippen LogP) is 4.89. The number of benzene rings is 2. The van der Waals surface area contributed by atoms with E-state index in [-0.39, 0.29) is 16.6 Å². The molecule has 8 heteroatoms. The number of para-hydroxylation sites is 2. The number of alkyl halides is 3. The van der Waals surface area contributed by atoms with E-state index in [0.717, 1.165) is 11.5 Å². The van der Waals surface area contributed by atoms with E-state index < -0.39 is 17.6 Å². The van der Waals surface area contributed by atoms with Crippen LogP contribution >= 0.6 is 12.2 Å². The Morgan fingerprint density at radius 1 is 1.08 bits per heavy atom. The molecule has 26 heavy (non-hydrogen) atoms. The topological polar surface area (TPSA) is 54.3 Å². The average Bonchev–Trinajstić information content (AvgIpc) is 2.92. The van der Waals surface area contributed by atoms with Crippen LogP contribution in [-0.4, -0.2) is 11.0 Å². The van der Waals surface area contributed by atoms with Crippen LogP contribution in [0, 0.1) is 6.92 Å². The molecule has 3 rings (SSSR count). The Morgan fingerprint density at radius 3 is 2.42 bits per heavy atom. The lowest BCUT2D eigenvalue weighted by Crippen LogP contribution is -2.34. The lowest BCUT2D eigenvalue weighted by Gasteiger charge is -2.15. The molecule has 0 bridgehead atoms. The van der Waals surface area contributed by atoms with E-state index in [2.05, 4.69) is 10.6 Å². The minimum Gasteiger partial charge on any atom is -0.451 e. The average molecular weight is 378 g/mol. The van der Waals surface area contributed by atoms with Crippen LogP contribution in [0.25, 0.3) is 11.0 Å². The first-order chi connectivity index (χ1) is 12.3. The van der Waals surface area contributed by atoms with Gasteiger partial charge in [0.1, 0.15) is 5.58 Å². The first-order valence-electron chi connectivity index (χ1n) is 7.54. The maximum Gasteiger partial charge on any atom is 0.418 e. The molecule has 0 aliphatic heterocycles. The van der Waals surface area contributed by atoms with E-state index in [4.69, 9.17) is 16.6 Å². The minimum atomic E-state index is -4.54. The summed E-state index contributed by atoms with van der Waals surface area (Å²) in [5.74, 6) is -0.583. The third-order valence-corrected chi connectivity index (χ3v) is 3.96. The highest BCUT2D eigenvalue weighted by atomic mass is 32.1. The molecule has 0 unspecified atom stereocenters. The standard InChI is InChI=1S/C18H13F3N2O2S/c1-10-11-6-2-5-9-14(11)25-15(10)16(24)23-17(26)22-13-8-4-3-7-12(13)18(19,20)21/h2-9H,1H3,(H2,22,23,24,26). The molecule has 0 spiro atoms. The summed E-state index contributed by atoms with van der Waals surface area (Å²) >= 11 is 4.97. The number of halogens is 3. The second kappa shape index (κ2) is 6.80. The number of thiocarbonyl (C=S) groups is 1. The van der Waals surface area contributed by atoms with Crippen LogP contribution in [0.5, 0.6) is 0 Å². The molecule has 0 atom stereocenters. The van der Waals surface area contributed by atoms with Crippen molar-refractivity contribution in [3.05, 3.63) is 65.4 Å². The molecule has 0 aliphatic carbocycles. The zero-order chi connectivity index (χ0) is 18.9. The van der Waals surface area contributed by atoms with Crippen LogP contribution in [0.15, 0.2) is 52.9 Å². The summed E-state index contributed by atoms with van der Waals surface area (Å²) in [6.07, 6.45) is -4.54. The molecule has 1 amide bonds. The van der Waals surface area contributed by atoms with E-state index in [9.17, 15) is 18.0 Å². The van der Waals surface area contributed by atoms with Crippen LogP contribution in [0.3, 0.4) is 0 Å². The van der Waals surface area contributed by atoms with Gasteiger partial charge >= 0.3 is 6.18 Å². The molecule has 2 N–H and O–H groups in total. The summed E-state index contributed by atoms with van der Waals surface area (Å²) in [6, 6.07) is 12.0. The summed E-state index contributed by atoms with van der Waals surface area (Å²) in [7, 11) is 0. The Morgan fingerprint density at radius 2 is 1.73 bits per heavy atom. The maximum absolute atomic E-state index is 13.0. The summed E-state index contributed by atoms with van der Waals surface area (Å²) in [4.78, 5) is 12.4. The SMILES string of the molecule is Cc1c(C(=O)NC(=S)Nc2ccccc2C(F)(F)F)oc2ccccc12. The molecule has 1 aromatic heterocycles. The second-order valence-electron chi connectivity index (χ2n) is 5.50. The number of nitrogens with one attached hydrogen (secondary N) is 2. The normalized spacial score (nSPS) is 11.4. The molecule has 0 radical (unpaired) electrons. The van der Waals surface area contributed by atoms with Gasteiger partial charge in [0.15, 0.2) is 10.9 Å². The van der Waals surface area contributed by atoms with Gasteiger partial charge in [-0.15, -0.1) is 0 Å². The van der Waals surface area contributed by atoms with Gasteiger partial charge < -0.3 is 9.73 Å². The van der Waals surface area contributed by atoms with Gasteiger partial charge in [0, 0.05) is 10.9 Å². The van der Waals surface area contributed by atoms with Crippen LogP contribution in [0.2, 0.25) is 0 Å². The minimum absolute atomic E-state index is 0.0551. The van der Waals surface area contributed by atoms with E-state index in [0.29, 0.717) is 11.1 Å². The van der Waals surface area contributed by atoms with Gasteiger partial charge in [-0.1, -0.05) is 30.3 Å². The van der Waals surface area contributed by atoms with Crippen LogP contribution < -0.4 is 10.6 Å². The highest BCUT2D eigenvalue weighted by Crippen LogP contribution is 2.34.